The molecule has 1 aliphatic heterocycles. The molecule has 0 aliphatic carbocycles. The standard InChI is InChI=1S/C13H21BrN2S/c1-9-3-4-10(2)16(7-9)12(6-15)13-5-11(14)8-17-13/h5,8-10,12H,3-4,6-7,15H2,1-2H3. The lowest BCUT2D eigenvalue weighted by Crippen LogP contribution is -2.45. The van der Waals surface area contributed by atoms with Crippen LogP contribution in [-0.2, 0) is 0 Å². The van der Waals surface area contributed by atoms with E-state index in [4.69, 9.17) is 5.73 Å². The van der Waals surface area contributed by atoms with Gasteiger partial charge < -0.3 is 5.73 Å². The Labute approximate surface area is 116 Å². The van der Waals surface area contributed by atoms with Crippen molar-refractivity contribution in [3.63, 3.8) is 0 Å². The molecule has 2 nitrogen and oxygen atoms in total. The van der Waals surface area contributed by atoms with Crippen molar-refractivity contribution in [1.29, 1.82) is 0 Å². The monoisotopic (exact) mass is 316 g/mol. The van der Waals surface area contributed by atoms with Gasteiger partial charge in [0.15, 0.2) is 0 Å². The Morgan fingerprint density at radius 3 is 2.88 bits per heavy atom. The maximum Gasteiger partial charge on any atom is 0.0567 e. The van der Waals surface area contributed by atoms with Crippen LogP contribution in [0.4, 0.5) is 0 Å². The molecule has 2 heterocycles. The average Bonchev–Trinajstić information content (AvgIpc) is 2.71. The lowest BCUT2D eigenvalue weighted by atomic mass is 9.93. The third-order valence-electron chi connectivity index (χ3n) is 3.71. The molecule has 1 aromatic rings. The van der Waals surface area contributed by atoms with Gasteiger partial charge in [-0.25, -0.2) is 0 Å². The molecule has 2 N–H and O–H groups in total. The van der Waals surface area contributed by atoms with Crippen molar-refractivity contribution in [2.24, 2.45) is 11.7 Å². The fourth-order valence-electron chi connectivity index (χ4n) is 2.68. The van der Waals surface area contributed by atoms with Gasteiger partial charge in [0.2, 0.25) is 0 Å². The first-order valence-electron chi connectivity index (χ1n) is 6.31. The zero-order valence-corrected chi connectivity index (χ0v) is 12.9. The molecule has 0 bridgehead atoms. The zero-order valence-electron chi connectivity index (χ0n) is 10.5. The van der Waals surface area contributed by atoms with Gasteiger partial charge in [-0.15, -0.1) is 11.3 Å². The van der Waals surface area contributed by atoms with Crippen molar-refractivity contribution in [2.45, 2.75) is 38.8 Å². The van der Waals surface area contributed by atoms with E-state index in [0.717, 1.165) is 5.92 Å². The molecule has 1 fully saturated rings. The Morgan fingerprint density at radius 2 is 2.29 bits per heavy atom. The van der Waals surface area contributed by atoms with Crippen molar-refractivity contribution in [2.75, 3.05) is 13.1 Å². The molecular weight excluding hydrogens is 296 g/mol. The second-order valence-electron chi connectivity index (χ2n) is 5.15. The molecule has 4 heteroatoms. The van der Waals surface area contributed by atoms with Gasteiger partial charge in [-0.3, -0.25) is 4.90 Å². The number of nitrogens with two attached hydrogens (primary N) is 1. The molecule has 1 aliphatic rings. The summed E-state index contributed by atoms with van der Waals surface area (Å²) in [5.41, 5.74) is 6.00. The summed E-state index contributed by atoms with van der Waals surface area (Å²) in [6.45, 7) is 6.57. The van der Waals surface area contributed by atoms with Crippen LogP contribution in [0.25, 0.3) is 0 Å². The van der Waals surface area contributed by atoms with E-state index < -0.39 is 0 Å². The highest BCUT2D eigenvalue weighted by molar-refractivity contribution is 9.10. The molecule has 0 radical (unpaired) electrons. The van der Waals surface area contributed by atoms with E-state index in [1.165, 1.54) is 28.7 Å². The molecule has 1 saturated heterocycles. The van der Waals surface area contributed by atoms with Gasteiger partial charge in [0.1, 0.15) is 0 Å². The van der Waals surface area contributed by atoms with E-state index in [1.54, 1.807) is 0 Å². The number of nitrogens with zero attached hydrogens (tertiary/aromatic N) is 1. The molecule has 0 saturated carbocycles. The quantitative estimate of drug-likeness (QED) is 0.922. The second-order valence-corrected chi connectivity index (χ2v) is 7.01. The van der Waals surface area contributed by atoms with Crippen LogP contribution in [0.15, 0.2) is 15.9 Å². The lowest BCUT2D eigenvalue weighted by molar-refractivity contribution is 0.0814. The SMILES string of the molecule is CC1CCC(C)N(C(CN)c2cc(Br)cs2)C1. The van der Waals surface area contributed by atoms with Crippen LogP contribution in [0.1, 0.15) is 37.6 Å². The van der Waals surface area contributed by atoms with E-state index >= 15 is 0 Å². The van der Waals surface area contributed by atoms with Gasteiger partial charge in [-0.2, -0.15) is 0 Å². The number of piperidine rings is 1. The summed E-state index contributed by atoms with van der Waals surface area (Å²) in [6.07, 6.45) is 2.65. The first-order chi connectivity index (χ1) is 8.11. The predicted octanol–water partition coefficient (Wildman–Crippen LogP) is 3.63. The third-order valence-corrected chi connectivity index (χ3v) is 5.50. The third kappa shape index (κ3) is 3.11. The number of halogens is 1. The maximum atomic E-state index is 6.00. The maximum absolute atomic E-state index is 6.00. The van der Waals surface area contributed by atoms with Crippen LogP contribution in [0, 0.1) is 5.92 Å². The molecule has 1 aromatic heterocycles. The Hall–Kier alpha value is 0.1000. The van der Waals surface area contributed by atoms with E-state index in [2.05, 4.69) is 46.1 Å². The van der Waals surface area contributed by atoms with Crippen LogP contribution in [0.5, 0.6) is 0 Å². The number of hydrogen-bond donors (Lipinski definition) is 1. The van der Waals surface area contributed by atoms with Gasteiger partial charge in [-0.05, 0) is 47.7 Å². The van der Waals surface area contributed by atoms with Crippen LogP contribution in [0.3, 0.4) is 0 Å². The first-order valence-corrected chi connectivity index (χ1v) is 7.98. The van der Waals surface area contributed by atoms with Gasteiger partial charge in [-0.1, -0.05) is 6.92 Å². The molecule has 96 valence electrons. The molecule has 3 unspecified atom stereocenters. The smallest absolute Gasteiger partial charge is 0.0567 e. The largest absolute Gasteiger partial charge is 0.329 e. The van der Waals surface area contributed by atoms with Crippen molar-refractivity contribution >= 4 is 27.3 Å². The van der Waals surface area contributed by atoms with E-state index in [0.29, 0.717) is 18.6 Å². The molecule has 3 atom stereocenters. The van der Waals surface area contributed by atoms with Crippen LogP contribution in [0.2, 0.25) is 0 Å². The summed E-state index contributed by atoms with van der Waals surface area (Å²) in [4.78, 5) is 3.98. The van der Waals surface area contributed by atoms with Crippen molar-refractivity contribution in [3.8, 4) is 0 Å². The van der Waals surface area contributed by atoms with Crippen LogP contribution >= 0.6 is 27.3 Å². The fraction of sp³-hybridized carbons (Fsp3) is 0.692. The van der Waals surface area contributed by atoms with Gasteiger partial charge in [0.25, 0.3) is 0 Å². The topological polar surface area (TPSA) is 29.3 Å². The summed E-state index contributed by atoms with van der Waals surface area (Å²) < 4.78 is 1.17. The number of thiophene rings is 1. The van der Waals surface area contributed by atoms with Gasteiger partial charge in [0, 0.05) is 33.9 Å². The summed E-state index contributed by atoms with van der Waals surface area (Å²) in [6, 6.07) is 3.26. The molecule has 2 rings (SSSR count). The summed E-state index contributed by atoms with van der Waals surface area (Å²) >= 11 is 5.34. The van der Waals surface area contributed by atoms with Gasteiger partial charge >= 0.3 is 0 Å². The second kappa shape index (κ2) is 5.83. The minimum atomic E-state index is 0.393. The predicted molar refractivity (Wildman–Crippen MR) is 78.4 cm³/mol. The molecule has 0 spiro atoms. The lowest BCUT2D eigenvalue weighted by Gasteiger charge is -2.41. The normalized spacial score (nSPS) is 28.2. The summed E-state index contributed by atoms with van der Waals surface area (Å²) in [7, 11) is 0. The molecule has 17 heavy (non-hydrogen) atoms. The Kier molecular flexibility index (Phi) is 4.64. The van der Waals surface area contributed by atoms with Gasteiger partial charge in [0.05, 0.1) is 6.04 Å². The summed E-state index contributed by atoms with van der Waals surface area (Å²) in [5, 5.41) is 2.15. The first kappa shape index (κ1) is 13.5. The number of likely N-dealkylation sites (tertiary alicyclic amines) is 1. The Morgan fingerprint density at radius 1 is 1.53 bits per heavy atom. The minimum Gasteiger partial charge on any atom is -0.329 e. The molecule has 0 aromatic carbocycles. The van der Waals surface area contributed by atoms with Crippen molar-refractivity contribution in [3.05, 3.63) is 20.8 Å². The molecular formula is C13H21BrN2S. The summed E-state index contributed by atoms with van der Waals surface area (Å²) in [5.74, 6) is 0.795. The number of rotatable bonds is 3. The highest BCUT2D eigenvalue weighted by atomic mass is 79.9. The van der Waals surface area contributed by atoms with E-state index in [-0.39, 0.29) is 0 Å². The van der Waals surface area contributed by atoms with Crippen LogP contribution < -0.4 is 5.73 Å². The van der Waals surface area contributed by atoms with E-state index in [1.807, 2.05) is 11.3 Å². The van der Waals surface area contributed by atoms with Crippen LogP contribution in [-0.4, -0.2) is 24.0 Å². The average molecular weight is 317 g/mol. The van der Waals surface area contributed by atoms with Crippen molar-refractivity contribution < 1.29 is 0 Å². The molecule has 0 amide bonds. The highest BCUT2D eigenvalue weighted by Gasteiger charge is 2.29. The zero-order chi connectivity index (χ0) is 12.4. The Bertz CT molecular complexity index is 366. The minimum absolute atomic E-state index is 0.393. The number of hydrogen-bond acceptors (Lipinski definition) is 3. The Balaban J connectivity index is 2.16. The van der Waals surface area contributed by atoms with Crippen molar-refractivity contribution in [1.82, 2.24) is 4.90 Å². The highest BCUT2D eigenvalue weighted by Crippen LogP contribution is 2.34. The fourth-order valence-corrected chi connectivity index (χ4v) is 4.25. The van der Waals surface area contributed by atoms with E-state index in [9.17, 15) is 0 Å².